The smallest absolute Gasteiger partial charge is 0.139 e. The summed E-state index contributed by atoms with van der Waals surface area (Å²) in [5, 5.41) is 3.60. The van der Waals surface area contributed by atoms with Crippen molar-refractivity contribution in [3.63, 3.8) is 0 Å². The van der Waals surface area contributed by atoms with Crippen LogP contribution < -0.4 is 5.32 Å². The molecule has 0 aromatic carbocycles. The van der Waals surface area contributed by atoms with Crippen molar-refractivity contribution in [3.8, 4) is 0 Å². The number of nitrogens with one attached hydrogen (secondary N) is 1. The van der Waals surface area contributed by atoms with E-state index in [1.165, 1.54) is 31.4 Å². The van der Waals surface area contributed by atoms with Gasteiger partial charge in [0.2, 0.25) is 0 Å². The van der Waals surface area contributed by atoms with E-state index in [9.17, 15) is 0 Å². The van der Waals surface area contributed by atoms with Crippen LogP contribution in [0, 0.1) is 6.92 Å². The molecule has 1 N–H and O–H groups in total. The van der Waals surface area contributed by atoms with Crippen molar-refractivity contribution in [1.82, 2.24) is 19.6 Å². The van der Waals surface area contributed by atoms with Gasteiger partial charge in [-0.05, 0) is 45.0 Å². The van der Waals surface area contributed by atoms with Gasteiger partial charge in [-0.2, -0.15) is 0 Å². The molecule has 0 bridgehead atoms. The highest BCUT2D eigenvalue weighted by molar-refractivity contribution is 5.47. The summed E-state index contributed by atoms with van der Waals surface area (Å²) in [6, 6.07) is 4.83. The molecule has 1 atom stereocenters. The number of pyridine rings is 1. The van der Waals surface area contributed by atoms with E-state index >= 15 is 0 Å². The number of piperidine rings is 1. The lowest BCUT2D eigenvalue weighted by molar-refractivity contribution is 0.255. The summed E-state index contributed by atoms with van der Waals surface area (Å²) in [6.07, 6.45) is 8.20. The Labute approximate surface area is 120 Å². The van der Waals surface area contributed by atoms with Crippen LogP contribution in [0.4, 0.5) is 0 Å². The Kier molecular flexibility index (Phi) is 4.03. The molecule has 2 aromatic rings. The number of hydrogen-bond donors (Lipinski definition) is 1. The zero-order valence-electron chi connectivity index (χ0n) is 12.5. The molecular formula is C16H24N4. The molecule has 3 heterocycles. The van der Waals surface area contributed by atoms with Gasteiger partial charge in [0, 0.05) is 31.5 Å². The number of aryl methyl sites for hydroxylation is 1. The summed E-state index contributed by atoms with van der Waals surface area (Å²) in [4.78, 5) is 7.12. The third-order valence-electron chi connectivity index (χ3n) is 4.10. The molecule has 1 unspecified atom stereocenters. The van der Waals surface area contributed by atoms with Crippen LogP contribution in [0.1, 0.15) is 30.5 Å². The van der Waals surface area contributed by atoms with Crippen molar-refractivity contribution in [1.29, 1.82) is 0 Å². The summed E-state index contributed by atoms with van der Waals surface area (Å²) in [6.45, 7) is 5.31. The van der Waals surface area contributed by atoms with Crippen molar-refractivity contribution >= 4 is 5.65 Å². The van der Waals surface area contributed by atoms with Crippen molar-refractivity contribution in [2.75, 3.05) is 20.1 Å². The molecule has 1 fully saturated rings. The van der Waals surface area contributed by atoms with Crippen LogP contribution in [0.15, 0.2) is 24.5 Å². The van der Waals surface area contributed by atoms with Gasteiger partial charge in [0.05, 0.1) is 5.69 Å². The largest absolute Gasteiger partial charge is 0.313 e. The van der Waals surface area contributed by atoms with Gasteiger partial charge < -0.3 is 9.72 Å². The van der Waals surface area contributed by atoms with Gasteiger partial charge in [0.1, 0.15) is 5.65 Å². The average molecular weight is 272 g/mol. The Balaban J connectivity index is 1.64. The third kappa shape index (κ3) is 3.02. The molecule has 108 valence electrons. The van der Waals surface area contributed by atoms with E-state index in [1.54, 1.807) is 0 Å². The van der Waals surface area contributed by atoms with Crippen LogP contribution in [-0.4, -0.2) is 40.5 Å². The molecule has 3 rings (SSSR count). The van der Waals surface area contributed by atoms with Crippen LogP contribution in [0.25, 0.3) is 5.65 Å². The maximum Gasteiger partial charge on any atom is 0.139 e. The van der Waals surface area contributed by atoms with E-state index in [2.05, 4.69) is 53.1 Å². The molecule has 0 radical (unpaired) electrons. The number of fused-ring (bicyclic) bond motifs is 1. The lowest BCUT2D eigenvalue weighted by Crippen LogP contribution is -2.42. The molecule has 4 nitrogen and oxygen atoms in total. The van der Waals surface area contributed by atoms with E-state index in [4.69, 9.17) is 4.98 Å². The Morgan fingerprint density at radius 3 is 3.10 bits per heavy atom. The number of likely N-dealkylation sites (N-methyl/N-ethyl adjacent to an activating group) is 1. The quantitative estimate of drug-likeness (QED) is 0.926. The molecule has 0 spiro atoms. The highest BCUT2D eigenvalue weighted by Crippen LogP contribution is 2.12. The standard InChI is InChI=1S/C16H24N4/c1-13-6-5-9-20-12-15(18-16(13)20)11-19(2)10-14-7-3-4-8-17-14/h5-6,9,12,14,17H,3-4,7-8,10-11H2,1-2H3. The molecule has 0 aliphatic carbocycles. The summed E-state index contributed by atoms with van der Waals surface area (Å²) in [5.41, 5.74) is 3.46. The molecule has 20 heavy (non-hydrogen) atoms. The van der Waals surface area contributed by atoms with E-state index < -0.39 is 0 Å². The Morgan fingerprint density at radius 2 is 2.35 bits per heavy atom. The molecule has 0 saturated carbocycles. The Morgan fingerprint density at radius 1 is 1.45 bits per heavy atom. The number of imidazole rings is 1. The fraction of sp³-hybridized carbons (Fsp3) is 0.562. The molecule has 4 heteroatoms. The maximum absolute atomic E-state index is 4.75. The van der Waals surface area contributed by atoms with Crippen LogP contribution >= 0.6 is 0 Å². The molecule has 1 saturated heterocycles. The average Bonchev–Trinajstić information content (AvgIpc) is 2.83. The molecule has 2 aromatic heterocycles. The van der Waals surface area contributed by atoms with Crippen LogP contribution in [0.2, 0.25) is 0 Å². The first-order valence-electron chi connectivity index (χ1n) is 7.57. The minimum Gasteiger partial charge on any atom is -0.313 e. The number of nitrogens with zero attached hydrogens (tertiary/aromatic N) is 3. The third-order valence-corrected chi connectivity index (χ3v) is 4.10. The zero-order chi connectivity index (χ0) is 13.9. The van der Waals surface area contributed by atoms with E-state index in [0.29, 0.717) is 6.04 Å². The Bertz CT molecular complexity index is 569. The SMILES string of the molecule is Cc1cccn2cc(CN(C)CC3CCCCN3)nc12. The fourth-order valence-electron chi connectivity index (χ4n) is 3.08. The molecule has 1 aliphatic rings. The normalized spacial score (nSPS) is 19.9. The molecule has 0 amide bonds. The van der Waals surface area contributed by atoms with Gasteiger partial charge in [-0.3, -0.25) is 4.90 Å². The summed E-state index contributed by atoms with van der Waals surface area (Å²) < 4.78 is 2.12. The summed E-state index contributed by atoms with van der Waals surface area (Å²) >= 11 is 0. The highest BCUT2D eigenvalue weighted by atomic mass is 15.1. The van der Waals surface area contributed by atoms with Gasteiger partial charge in [-0.25, -0.2) is 4.98 Å². The number of rotatable bonds is 4. The second-order valence-corrected chi connectivity index (χ2v) is 6.00. The van der Waals surface area contributed by atoms with Crippen molar-refractivity contribution in [2.45, 2.75) is 38.8 Å². The Hall–Kier alpha value is -1.39. The molecule has 1 aliphatic heterocycles. The number of hydrogen-bond acceptors (Lipinski definition) is 3. The summed E-state index contributed by atoms with van der Waals surface area (Å²) in [7, 11) is 2.19. The predicted octanol–water partition coefficient (Wildman–Crippen LogP) is 2.22. The molecular weight excluding hydrogens is 248 g/mol. The zero-order valence-corrected chi connectivity index (χ0v) is 12.5. The maximum atomic E-state index is 4.75. The fourth-order valence-corrected chi connectivity index (χ4v) is 3.08. The van der Waals surface area contributed by atoms with E-state index in [-0.39, 0.29) is 0 Å². The van der Waals surface area contributed by atoms with Crippen molar-refractivity contribution in [2.24, 2.45) is 0 Å². The van der Waals surface area contributed by atoms with Gasteiger partial charge in [0.15, 0.2) is 0 Å². The highest BCUT2D eigenvalue weighted by Gasteiger charge is 2.15. The first kappa shape index (κ1) is 13.6. The monoisotopic (exact) mass is 272 g/mol. The van der Waals surface area contributed by atoms with Crippen molar-refractivity contribution in [3.05, 3.63) is 35.8 Å². The lowest BCUT2D eigenvalue weighted by Gasteiger charge is -2.27. The minimum atomic E-state index is 0.646. The van der Waals surface area contributed by atoms with Gasteiger partial charge in [0.25, 0.3) is 0 Å². The van der Waals surface area contributed by atoms with Crippen LogP contribution in [-0.2, 0) is 6.54 Å². The first-order chi connectivity index (χ1) is 9.72. The van der Waals surface area contributed by atoms with Crippen molar-refractivity contribution < 1.29 is 0 Å². The summed E-state index contributed by atoms with van der Waals surface area (Å²) in [5.74, 6) is 0. The van der Waals surface area contributed by atoms with Gasteiger partial charge in [-0.15, -0.1) is 0 Å². The minimum absolute atomic E-state index is 0.646. The van der Waals surface area contributed by atoms with Crippen LogP contribution in [0.5, 0.6) is 0 Å². The topological polar surface area (TPSA) is 32.6 Å². The first-order valence-corrected chi connectivity index (χ1v) is 7.57. The van der Waals surface area contributed by atoms with Crippen LogP contribution in [0.3, 0.4) is 0 Å². The predicted molar refractivity (Wildman–Crippen MR) is 81.9 cm³/mol. The number of aromatic nitrogens is 2. The van der Waals surface area contributed by atoms with E-state index in [1.807, 2.05) is 0 Å². The van der Waals surface area contributed by atoms with Gasteiger partial charge in [-0.1, -0.05) is 12.5 Å². The second-order valence-electron chi connectivity index (χ2n) is 6.00. The second kappa shape index (κ2) is 5.94. The lowest BCUT2D eigenvalue weighted by atomic mass is 10.0. The van der Waals surface area contributed by atoms with E-state index in [0.717, 1.165) is 24.4 Å². The van der Waals surface area contributed by atoms with Gasteiger partial charge >= 0.3 is 0 Å².